The van der Waals surface area contributed by atoms with Gasteiger partial charge in [-0.1, -0.05) is 23.4 Å². The number of benzene rings is 2. The van der Waals surface area contributed by atoms with E-state index in [1.54, 1.807) is 24.3 Å². The normalized spacial score (nSPS) is 10.6. The summed E-state index contributed by atoms with van der Waals surface area (Å²) in [4.78, 5) is 15.4. The van der Waals surface area contributed by atoms with Crippen LogP contribution in [0, 0.1) is 0 Å². The van der Waals surface area contributed by atoms with E-state index in [1.165, 1.54) is 31.5 Å². The second kappa shape index (κ2) is 7.12. The molecule has 2 N–H and O–H groups in total. The fourth-order valence-corrected chi connectivity index (χ4v) is 1.80. The van der Waals surface area contributed by atoms with Crippen LogP contribution in [0.4, 0.5) is 0 Å². The molecule has 0 aliphatic carbocycles. The van der Waals surface area contributed by atoms with Crippen LogP contribution in [0.25, 0.3) is 0 Å². The van der Waals surface area contributed by atoms with E-state index in [0.29, 0.717) is 11.3 Å². The first kappa shape index (κ1) is 15.4. The molecule has 0 aromatic heterocycles. The van der Waals surface area contributed by atoms with Gasteiger partial charge in [0.15, 0.2) is 0 Å². The predicted octanol–water partition coefficient (Wildman–Crippen LogP) is 2.65. The monoisotopic (exact) mass is 301 g/mol. The summed E-state index contributed by atoms with van der Waals surface area (Å²) in [6.45, 7) is 0.233. The second-order valence-corrected chi connectivity index (χ2v) is 4.40. The molecule has 0 unspecified atom stereocenters. The summed E-state index contributed by atoms with van der Waals surface area (Å²) in [5, 5.41) is 22.3. The van der Waals surface area contributed by atoms with Crippen molar-refractivity contribution in [1.82, 2.24) is 0 Å². The van der Waals surface area contributed by atoms with Crippen molar-refractivity contribution < 1.29 is 24.6 Å². The molecule has 6 heteroatoms. The lowest BCUT2D eigenvalue weighted by molar-refractivity contribution is 0.0697. The summed E-state index contributed by atoms with van der Waals surface area (Å²) in [5.74, 6) is -0.499. The van der Waals surface area contributed by atoms with Crippen LogP contribution in [0.3, 0.4) is 0 Å². The molecule has 0 atom stereocenters. The lowest BCUT2D eigenvalue weighted by Crippen LogP contribution is -2.00. The van der Waals surface area contributed by atoms with E-state index < -0.39 is 5.97 Å². The fraction of sp³-hybridized carbons (Fsp3) is 0.125. The van der Waals surface area contributed by atoms with Gasteiger partial charge in [-0.25, -0.2) is 4.79 Å². The van der Waals surface area contributed by atoms with E-state index in [0.717, 1.165) is 5.56 Å². The lowest BCUT2D eigenvalue weighted by Gasteiger charge is -2.10. The minimum Gasteiger partial charge on any atom is -0.507 e. The number of carbonyl (C=O) groups is 1. The average molecular weight is 301 g/mol. The van der Waals surface area contributed by atoms with Crippen LogP contribution in [0.5, 0.6) is 11.5 Å². The van der Waals surface area contributed by atoms with Gasteiger partial charge in [0, 0.05) is 0 Å². The van der Waals surface area contributed by atoms with Gasteiger partial charge >= 0.3 is 5.97 Å². The van der Waals surface area contributed by atoms with Crippen molar-refractivity contribution in [1.29, 1.82) is 0 Å². The molecule has 22 heavy (non-hydrogen) atoms. The highest BCUT2D eigenvalue weighted by atomic mass is 16.6. The van der Waals surface area contributed by atoms with Crippen molar-refractivity contribution in [3.05, 3.63) is 59.2 Å². The first-order valence-corrected chi connectivity index (χ1v) is 6.45. The number of phenolic OH excluding ortho intramolecular Hbond substituents is 1. The van der Waals surface area contributed by atoms with Gasteiger partial charge in [-0.15, -0.1) is 0 Å². The molecule has 0 radical (unpaired) electrons. The third kappa shape index (κ3) is 3.76. The number of hydrogen-bond donors (Lipinski definition) is 2. The molecule has 2 rings (SSSR count). The van der Waals surface area contributed by atoms with Gasteiger partial charge in [0.2, 0.25) is 0 Å². The van der Waals surface area contributed by atoms with E-state index in [-0.39, 0.29) is 17.9 Å². The van der Waals surface area contributed by atoms with E-state index in [1.807, 2.05) is 0 Å². The highest BCUT2D eigenvalue weighted by molar-refractivity contribution is 5.87. The molecular formula is C16H15NO5. The van der Waals surface area contributed by atoms with Crippen LogP contribution in [-0.2, 0) is 11.4 Å². The maximum absolute atomic E-state index is 10.8. The van der Waals surface area contributed by atoms with Crippen LogP contribution in [0.15, 0.2) is 47.6 Å². The van der Waals surface area contributed by atoms with Crippen LogP contribution in [0.1, 0.15) is 21.5 Å². The van der Waals surface area contributed by atoms with Crippen molar-refractivity contribution in [3.8, 4) is 11.5 Å². The van der Waals surface area contributed by atoms with Crippen molar-refractivity contribution in [2.24, 2.45) is 5.16 Å². The van der Waals surface area contributed by atoms with Crippen molar-refractivity contribution >= 4 is 12.2 Å². The Labute approximate surface area is 127 Å². The van der Waals surface area contributed by atoms with E-state index in [4.69, 9.17) is 9.84 Å². The Bertz CT molecular complexity index is 679. The predicted molar refractivity (Wildman–Crippen MR) is 80.4 cm³/mol. The molecule has 0 amide bonds. The van der Waals surface area contributed by atoms with E-state index in [2.05, 4.69) is 9.99 Å². The zero-order valence-corrected chi connectivity index (χ0v) is 11.9. The summed E-state index contributed by atoms with van der Waals surface area (Å²) in [7, 11) is 1.40. The number of phenols is 1. The molecule has 114 valence electrons. The van der Waals surface area contributed by atoms with Crippen molar-refractivity contribution in [2.45, 2.75) is 6.61 Å². The number of nitrogens with zero attached hydrogens (tertiary/aromatic N) is 1. The van der Waals surface area contributed by atoms with Gasteiger partial charge in [0.25, 0.3) is 0 Å². The number of hydrogen-bond acceptors (Lipinski definition) is 5. The first-order chi connectivity index (χ1) is 10.6. The van der Waals surface area contributed by atoms with Gasteiger partial charge < -0.3 is 19.8 Å². The first-order valence-electron chi connectivity index (χ1n) is 6.45. The van der Waals surface area contributed by atoms with Crippen LogP contribution in [-0.4, -0.2) is 29.5 Å². The molecule has 2 aromatic carbocycles. The SMILES string of the molecule is CON=Cc1c(O)cccc1OCc1ccc(C(=O)O)cc1. The summed E-state index contributed by atoms with van der Waals surface area (Å²) < 4.78 is 5.65. The quantitative estimate of drug-likeness (QED) is 0.632. The maximum atomic E-state index is 10.8. The molecule has 0 aliphatic rings. The Balaban J connectivity index is 2.12. The Morgan fingerprint density at radius 3 is 2.59 bits per heavy atom. The summed E-state index contributed by atoms with van der Waals surface area (Å²) in [5.41, 5.74) is 1.43. The lowest BCUT2D eigenvalue weighted by atomic mass is 10.1. The molecule has 2 aromatic rings. The van der Waals surface area contributed by atoms with Gasteiger partial charge in [-0.3, -0.25) is 0 Å². The maximum Gasteiger partial charge on any atom is 0.335 e. The molecule has 0 aliphatic heterocycles. The Kier molecular flexibility index (Phi) is 4.98. The van der Waals surface area contributed by atoms with Crippen molar-refractivity contribution in [2.75, 3.05) is 7.11 Å². The third-order valence-corrected chi connectivity index (χ3v) is 2.93. The number of carboxylic acids is 1. The number of aromatic carboxylic acids is 1. The number of rotatable bonds is 6. The van der Waals surface area contributed by atoms with E-state index in [9.17, 15) is 9.90 Å². The van der Waals surface area contributed by atoms with E-state index >= 15 is 0 Å². The summed E-state index contributed by atoms with van der Waals surface area (Å²) >= 11 is 0. The molecule has 0 bridgehead atoms. The van der Waals surface area contributed by atoms with Gasteiger partial charge in [-0.05, 0) is 29.8 Å². The summed E-state index contributed by atoms with van der Waals surface area (Å²) in [6, 6.07) is 11.2. The fourth-order valence-electron chi connectivity index (χ4n) is 1.80. The van der Waals surface area contributed by atoms with Crippen molar-refractivity contribution in [3.63, 3.8) is 0 Å². The largest absolute Gasteiger partial charge is 0.507 e. The molecule has 0 saturated carbocycles. The number of oxime groups is 1. The molecule has 0 spiro atoms. The number of ether oxygens (including phenoxy) is 1. The van der Waals surface area contributed by atoms with Crippen LogP contribution in [0.2, 0.25) is 0 Å². The number of aromatic hydroxyl groups is 1. The molecule has 0 heterocycles. The molecular weight excluding hydrogens is 286 g/mol. The highest BCUT2D eigenvalue weighted by Crippen LogP contribution is 2.26. The zero-order chi connectivity index (χ0) is 15.9. The third-order valence-electron chi connectivity index (χ3n) is 2.93. The Hall–Kier alpha value is -3.02. The Morgan fingerprint density at radius 2 is 1.95 bits per heavy atom. The average Bonchev–Trinajstić information content (AvgIpc) is 2.52. The van der Waals surface area contributed by atoms with Crippen LogP contribution >= 0.6 is 0 Å². The molecule has 6 nitrogen and oxygen atoms in total. The second-order valence-electron chi connectivity index (χ2n) is 4.40. The Morgan fingerprint density at radius 1 is 1.23 bits per heavy atom. The minimum atomic E-state index is -0.974. The van der Waals surface area contributed by atoms with Gasteiger partial charge in [0.05, 0.1) is 17.3 Å². The molecule has 0 fully saturated rings. The minimum absolute atomic E-state index is 0.0273. The van der Waals surface area contributed by atoms with Gasteiger partial charge in [-0.2, -0.15) is 0 Å². The summed E-state index contributed by atoms with van der Waals surface area (Å²) in [6.07, 6.45) is 1.36. The molecule has 0 saturated heterocycles. The van der Waals surface area contributed by atoms with Crippen LogP contribution < -0.4 is 4.74 Å². The van der Waals surface area contributed by atoms with Gasteiger partial charge in [0.1, 0.15) is 25.2 Å². The number of carboxylic acid groups (broad SMARTS) is 1. The highest BCUT2D eigenvalue weighted by Gasteiger charge is 2.08. The smallest absolute Gasteiger partial charge is 0.335 e. The zero-order valence-electron chi connectivity index (χ0n) is 11.9. The standard InChI is InChI=1S/C16H15NO5/c1-21-17-9-13-14(18)3-2-4-15(13)22-10-11-5-7-12(8-6-11)16(19)20/h2-9,18H,10H2,1H3,(H,19,20). The topological polar surface area (TPSA) is 88.4 Å².